The molecule has 188 valence electrons. The largest absolute Gasteiger partial charge is 0.300 e. The Bertz CT molecular complexity index is 353. The van der Waals surface area contributed by atoms with Crippen LogP contribution in [0.5, 0.6) is 0 Å². The molecule has 0 N–H and O–H groups in total. The lowest BCUT2D eigenvalue weighted by Crippen LogP contribution is -1.98. The average molecular weight is 449 g/mol. The summed E-state index contributed by atoms with van der Waals surface area (Å²) in [5.74, 6) is 1.02. The van der Waals surface area contributed by atoms with Crippen LogP contribution >= 0.6 is 0 Å². The quantitative estimate of drug-likeness (QED) is 0.369. The van der Waals surface area contributed by atoms with Crippen molar-refractivity contribution in [2.45, 2.75) is 180 Å². The predicted octanol–water partition coefficient (Wildman–Crippen LogP) is 10.1. The number of ketones is 2. The molecule has 0 spiro atoms. The predicted molar refractivity (Wildman–Crippen MR) is 139 cm³/mol. The molecule has 0 heterocycles. The van der Waals surface area contributed by atoms with E-state index in [-0.39, 0.29) is 0 Å². The molecule has 0 bridgehead atoms. The lowest BCUT2D eigenvalue weighted by Gasteiger charge is -2.05. The zero-order chi connectivity index (χ0) is 23.0. The van der Waals surface area contributed by atoms with Crippen LogP contribution in [0.1, 0.15) is 180 Å². The Morgan fingerprint density at radius 1 is 0.219 bits per heavy atom. The van der Waals surface area contributed by atoms with E-state index in [1.807, 2.05) is 0 Å². The second-order valence-corrected chi connectivity index (χ2v) is 10.6. The first-order valence-corrected chi connectivity index (χ1v) is 14.8. The van der Waals surface area contributed by atoms with Gasteiger partial charge in [0.25, 0.3) is 0 Å². The third kappa shape index (κ3) is 21.2. The number of carbonyl (C=O) groups is 2. The van der Waals surface area contributed by atoms with E-state index < -0.39 is 0 Å². The summed E-state index contributed by atoms with van der Waals surface area (Å²) in [5.41, 5.74) is 0. The van der Waals surface area contributed by atoms with Gasteiger partial charge in [0.15, 0.2) is 0 Å². The monoisotopic (exact) mass is 448 g/mol. The van der Waals surface area contributed by atoms with Crippen molar-refractivity contribution in [1.29, 1.82) is 0 Å². The molecule has 0 amide bonds. The molecule has 2 nitrogen and oxygen atoms in total. The van der Waals surface area contributed by atoms with E-state index in [2.05, 4.69) is 0 Å². The zero-order valence-electron chi connectivity index (χ0n) is 21.6. The highest BCUT2D eigenvalue weighted by Gasteiger charge is 2.04. The summed E-state index contributed by atoms with van der Waals surface area (Å²) in [6.45, 7) is 0. The minimum absolute atomic E-state index is 0.508. The van der Waals surface area contributed by atoms with Crippen molar-refractivity contribution in [2.24, 2.45) is 0 Å². The first-order chi connectivity index (χ1) is 15.8. The Morgan fingerprint density at radius 2 is 0.344 bits per heavy atom. The van der Waals surface area contributed by atoms with Gasteiger partial charge in [-0.05, 0) is 25.7 Å². The molecule has 2 heteroatoms. The van der Waals surface area contributed by atoms with Crippen molar-refractivity contribution >= 4 is 11.6 Å². The molecule has 0 aromatic carbocycles. The lowest BCUT2D eigenvalue weighted by atomic mass is 10.0. The Balaban J connectivity index is 2.12. The molecule has 1 fully saturated rings. The first kappa shape index (κ1) is 29.4. The SMILES string of the molecule is O=C1CCCCCCCCCCCCCCC(=O)CCCCCCCCCCCCCC1. The highest BCUT2D eigenvalue weighted by Crippen LogP contribution is 2.16. The molecule has 0 radical (unpaired) electrons. The molecule has 0 aromatic rings. The van der Waals surface area contributed by atoms with E-state index in [4.69, 9.17) is 0 Å². The van der Waals surface area contributed by atoms with Crippen molar-refractivity contribution < 1.29 is 9.59 Å². The van der Waals surface area contributed by atoms with Crippen molar-refractivity contribution in [3.63, 3.8) is 0 Å². The molecule has 0 unspecified atom stereocenters. The summed E-state index contributed by atoms with van der Waals surface area (Å²) in [5, 5.41) is 0. The van der Waals surface area contributed by atoms with Crippen LogP contribution in [0, 0.1) is 0 Å². The molecule has 1 aliphatic carbocycles. The first-order valence-electron chi connectivity index (χ1n) is 14.8. The van der Waals surface area contributed by atoms with Crippen LogP contribution in [-0.4, -0.2) is 11.6 Å². The number of hydrogen-bond acceptors (Lipinski definition) is 2. The zero-order valence-corrected chi connectivity index (χ0v) is 21.6. The smallest absolute Gasteiger partial charge is 0.132 e. The minimum atomic E-state index is 0.508. The van der Waals surface area contributed by atoms with E-state index in [1.54, 1.807) is 0 Å². The van der Waals surface area contributed by atoms with E-state index >= 15 is 0 Å². The van der Waals surface area contributed by atoms with Crippen LogP contribution in [0.3, 0.4) is 0 Å². The van der Waals surface area contributed by atoms with E-state index in [1.165, 1.54) is 128 Å². The third-order valence-electron chi connectivity index (χ3n) is 7.32. The van der Waals surface area contributed by atoms with Crippen LogP contribution in [0.2, 0.25) is 0 Å². The van der Waals surface area contributed by atoms with Crippen LogP contribution in [-0.2, 0) is 9.59 Å². The molecule has 1 aliphatic rings. The number of carbonyl (C=O) groups excluding carboxylic acids is 2. The van der Waals surface area contributed by atoms with Crippen LogP contribution in [0.4, 0.5) is 0 Å². The van der Waals surface area contributed by atoms with Crippen LogP contribution in [0.25, 0.3) is 0 Å². The lowest BCUT2D eigenvalue weighted by molar-refractivity contribution is -0.120. The molecule has 1 saturated carbocycles. The molecule has 0 aromatic heterocycles. The fraction of sp³-hybridized carbons (Fsp3) is 0.933. The Kier molecular flexibility index (Phi) is 21.6. The number of Topliss-reactive ketones (excluding diaryl/α,β-unsaturated/α-hetero) is 2. The standard InChI is InChI=1S/C30H56O2/c31-29-25-21-17-13-9-5-1-2-6-10-14-18-22-26-30(32)28-24-20-16-12-8-4-3-7-11-15-19-23-27-29/h1-28H2. The fourth-order valence-corrected chi connectivity index (χ4v) is 5.07. The summed E-state index contributed by atoms with van der Waals surface area (Å²) < 4.78 is 0. The topological polar surface area (TPSA) is 34.1 Å². The highest BCUT2D eigenvalue weighted by molar-refractivity contribution is 5.78. The van der Waals surface area contributed by atoms with Gasteiger partial charge in [-0.25, -0.2) is 0 Å². The molecule has 1 rings (SSSR count). The Hall–Kier alpha value is -0.660. The maximum atomic E-state index is 12.0. The second kappa shape index (κ2) is 23.5. The summed E-state index contributed by atoms with van der Waals surface area (Å²) in [7, 11) is 0. The van der Waals surface area contributed by atoms with Gasteiger partial charge in [0.05, 0.1) is 0 Å². The summed E-state index contributed by atoms with van der Waals surface area (Å²) in [6.07, 6.45) is 34.3. The maximum absolute atomic E-state index is 12.0. The van der Waals surface area contributed by atoms with Crippen LogP contribution < -0.4 is 0 Å². The van der Waals surface area contributed by atoms with Gasteiger partial charge in [-0.1, -0.05) is 128 Å². The molecule has 0 aliphatic heterocycles. The fourth-order valence-electron chi connectivity index (χ4n) is 5.07. The van der Waals surface area contributed by atoms with Gasteiger partial charge in [0.1, 0.15) is 11.6 Å². The average Bonchev–Trinajstić information content (AvgIpc) is 2.78. The number of hydrogen-bond donors (Lipinski definition) is 0. The van der Waals surface area contributed by atoms with E-state index in [0.29, 0.717) is 11.6 Å². The Labute approximate surface area is 201 Å². The van der Waals surface area contributed by atoms with Gasteiger partial charge >= 0.3 is 0 Å². The van der Waals surface area contributed by atoms with Crippen molar-refractivity contribution in [2.75, 3.05) is 0 Å². The molecular weight excluding hydrogens is 392 g/mol. The molecule has 0 saturated heterocycles. The van der Waals surface area contributed by atoms with E-state index in [9.17, 15) is 9.59 Å². The maximum Gasteiger partial charge on any atom is 0.132 e. The number of rotatable bonds is 0. The third-order valence-corrected chi connectivity index (χ3v) is 7.32. The minimum Gasteiger partial charge on any atom is -0.300 e. The summed E-state index contributed by atoms with van der Waals surface area (Å²) >= 11 is 0. The van der Waals surface area contributed by atoms with Gasteiger partial charge in [0.2, 0.25) is 0 Å². The molecule has 32 heavy (non-hydrogen) atoms. The van der Waals surface area contributed by atoms with Gasteiger partial charge in [-0.15, -0.1) is 0 Å². The molecular formula is C30H56O2. The van der Waals surface area contributed by atoms with Crippen LogP contribution in [0.15, 0.2) is 0 Å². The summed E-state index contributed by atoms with van der Waals surface area (Å²) in [4.78, 5) is 24.1. The van der Waals surface area contributed by atoms with Crippen molar-refractivity contribution in [1.82, 2.24) is 0 Å². The molecule has 0 atom stereocenters. The Morgan fingerprint density at radius 3 is 0.500 bits per heavy atom. The highest BCUT2D eigenvalue weighted by atomic mass is 16.1. The van der Waals surface area contributed by atoms with Crippen molar-refractivity contribution in [3.05, 3.63) is 0 Å². The summed E-state index contributed by atoms with van der Waals surface area (Å²) in [6, 6.07) is 0. The van der Waals surface area contributed by atoms with Crippen molar-refractivity contribution in [3.8, 4) is 0 Å². The van der Waals surface area contributed by atoms with Gasteiger partial charge in [0, 0.05) is 25.7 Å². The van der Waals surface area contributed by atoms with Gasteiger partial charge < -0.3 is 0 Å². The van der Waals surface area contributed by atoms with E-state index in [0.717, 1.165) is 51.4 Å². The van der Waals surface area contributed by atoms with Gasteiger partial charge in [-0.2, -0.15) is 0 Å². The van der Waals surface area contributed by atoms with Gasteiger partial charge in [-0.3, -0.25) is 9.59 Å². The second-order valence-electron chi connectivity index (χ2n) is 10.6. The normalized spacial score (nSPS) is 23.4.